The summed E-state index contributed by atoms with van der Waals surface area (Å²) >= 11 is 6.23. The number of nitrogens with one attached hydrogen (secondary N) is 1. The number of aromatic nitrogens is 3. The van der Waals surface area contributed by atoms with Crippen molar-refractivity contribution in [1.82, 2.24) is 20.1 Å². The third kappa shape index (κ3) is 2.40. The van der Waals surface area contributed by atoms with Crippen LogP contribution in [0.25, 0.3) is 0 Å². The van der Waals surface area contributed by atoms with Gasteiger partial charge in [0.1, 0.15) is 0 Å². The van der Waals surface area contributed by atoms with Crippen molar-refractivity contribution in [3.63, 3.8) is 0 Å². The Bertz CT molecular complexity index is 518. The van der Waals surface area contributed by atoms with E-state index >= 15 is 0 Å². The van der Waals surface area contributed by atoms with Crippen molar-refractivity contribution in [3.05, 3.63) is 46.5 Å². The van der Waals surface area contributed by atoms with Crippen LogP contribution >= 0.6 is 11.6 Å². The van der Waals surface area contributed by atoms with E-state index in [0.29, 0.717) is 5.02 Å². The summed E-state index contributed by atoms with van der Waals surface area (Å²) in [4.78, 5) is 4.33. The monoisotopic (exact) mass is 264 g/mol. The molecular formula is C13H17ClN4. The fourth-order valence-electron chi connectivity index (χ4n) is 2.02. The second kappa shape index (κ2) is 5.50. The standard InChI is InChI=1S/C13H17ClN4/c1-4-18-13(11(14)8-17-18)12(15-3)10-6-5-9(2)16-7-10/h5-8,12,15H,4H2,1-3H3. The number of nitrogens with zero attached hydrogens (tertiary/aromatic N) is 3. The van der Waals surface area contributed by atoms with Gasteiger partial charge in [-0.15, -0.1) is 0 Å². The normalized spacial score (nSPS) is 12.7. The molecule has 2 aromatic rings. The van der Waals surface area contributed by atoms with Crippen LogP contribution < -0.4 is 5.32 Å². The van der Waals surface area contributed by atoms with Gasteiger partial charge >= 0.3 is 0 Å². The molecule has 0 aliphatic heterocycles. The Morgan fingerprint density at radius 1 is 1.39 bits per heavy atom. The van der Waals surface area contributed by atoms with Crippen molar-refractivity contribution >= 4 is 11.6 Å². The molecule has 18 heavy (non-hydrogen) atoms. The summed E-state index contributed by atoms with van der Waals surface area (Å²) < 4.78 is 1.91. The molecule has 2 aromatic heterocycles. The Balaban J connectivity index is 2.44. The third-order valence-corrected chi connectivity index (χ3v) is 3.25. The fourth-order valence-corrected chi connectivity index (χ4v) is 2.27. The maximum absolute atomic E-state index is 6.23. The minimum atomic E-state index is 0.00745. The van der Waals surface area contributed by atoms with Gasteiger partial charge in [0.15, 0.2) is 0 Å². The van der Waals surface area contributed by atoms with E-state index in [1.54, 1.807) is 6.20 Å². The molecule has 0 saturated carbocycles. The van der Waals surface area contributed by atoms with Gasteiger partial charge in [0.05, 0.1) is 23.0 Å². The molecule has 4 nitrogen and oxygen atoms in total. The quantitative estimate of drug-likeness (QED) is 0.923. The Morgan fingerprint density at radius 3 is 2.72 bits per heavy atom. The first-order valence-electron chi connectivity index (χ1n) is 5.98. The van der Waals surface area contributed by atoms with E-state index in [0.717, 1.165) is 23.5 Å². The molecule has 0 aliphatic rings. The minimum absolute atomic E-state index is 0.00745. The van der Waals surface area contributed by atoms with Crippen molar-refractivity contribution in [2.24, 2.45) is 0 Å². The lowest BCUT2D eigenvalue weighted by atomic mass is 10.1. The van der Waals surface area contributed by atoms with Crippen LogP contribution in [0.5, 0.6) is 0 Å². The maximum Gasteiger partial charge on any atom is 0.0837 e. The van der Waals surface area contributed by atoms with Crippen LogP contribution in [0.3, 0.4) is 0 Å². The van der Waals surface area contributed by atoms with Crippen LogP contribution in [0, 0.1) is 6.92 Å². The number of hydrogen-bond acceptors (Lipinski definition) is 3. The van der Waals surface area contributed by atoms with Gasteiger partial charge < -0.3 is 5.32 Å². The van der Waals surface area contributed by atoms with Crippen molar-refractivity contribution in [1.29, 1.82) is 0 Å². The van der Waals surface area contributed by atoms with Crippen LogP contribution in [0.1, 0.15) is 29.9 Å². The zero-order chi connectivity index (χ0) is 13.1. The van der Waals surface area contributed by atoms with Gasteiger partial charge in [-0.1, -0.05) is 17.7 Å². The lowest BCUT2D eigenvalue weighted by Gasteiger charge is -2.18. The van der Waals surface area contributed by atoms with E-state index in [1.807, 2.05) is 37.8 Å². The molecule has 1 unspecified atom stereocenters. The van der Waals surface area contributed by atoms with Gasteiger partial charge in [0, 0.05) is 18.4 Å². The van der Waals surface area contributed by atoms with Gasteiger partial charge in [0.25, 0.3) is 0 Å². The van der Waals surface area contributed by atoms with Crippen molar-refractivity contribution in [3.8, 4) is 0 Å². The molecule has 5 heteroatoms. The van der Waals surface area contributed by atoms with Crippen LogP contribution in [-0.2, 0) is 6.54 Å². The topological polar surface area (TPSA) is 42.7 Å². The molecule has 0 radical (unpaired) electrons. The smallest absolute Gasteiger partial charge is 0.0837 e. The minimum Gasteiger partial charge on any atom is -0.308 e. The summed E-state index contributed by atoms with van der Waals surface area (Å²) in [6.07, 6.45) is 3.56. The van der Waals surface area contributed by atoms with Crippen molar-refractivity contribution < 1.29 is 0 Å². The van der Waals surface area contributed by atoms with Gasteiger partial charge in [-0.2, -0.15) is 5.10 Å². The summed E-state index contributed by atoms with van der Waals surface area (Å²) in [5, 5.41) is 8.22. The maximum atomic E-state index is 6.23. The Hall–Kier alpha value is -1.39. The van der Waals surface area contributed by atoms with Crippen LogP contribution in [0.4, 0.5) is 0 Å². The lowest BCUT2D eigenvalue weighted by molar-refractivity contribution is 0.562. The third-order valence-electron chi connectivity index (χ3n) is 2.96. The number of hydrogen-bond donors (Lipinski definition) is 1. The number of pyridine rings is 1. The highest BCUT2D eigenvalue weighted by Crippen LogP contribution is 2.27. The molecule has 2 heterocycles. The molecule has 1 N–H and O–H groups in total. The molecule has 0 aliphatic carbocycles. The summed E-state index contributed by atoms with van der Waals surface area (Å²) in [6.45, 7) is 4.81. The van der Waals surface area contributed by atoms with E-state index in [2.05, 4.69) is 21.5 Å². The zero-order valence-corrected chi connectivity index (χ0v) is 11.6. The molecular weight excluding hydrogens is 248 g/mol. The Labute approximate surface area is 112 Å². The Kier molecular flexibility index (Phi) is 3.99. The average Bonchev–Trinajstić information content (AvgIpc) is 2.74. The molecule has 0 spiro atoms. The van der Waals surface area contributed by atoms with Crippen LogP contribution in [0.2, 0.25) is 5.02 Å². The predicted molar refractivity (Wildman–Crippen MR) is 72.8 cm³/mol. The van der Waals surface area contributed by atoms with E-state index in [1.165, 1.54) is 0 Å². The second-order valence-corrected chi connectivity index (χ2v) is 4.56. The molecule has 96 valence electrons. The highest BCUT2D eigenvalue weighted by molar-refractivity contribution is 6.31. The van der Waals surface area contributed by atoms with E-state index in [9.17, 15) is 0 Å². The highest BCUT2D eigenvalue weighted by atomic mass is 35.5. The predicted octanol–water partition coefficient (Wildman–Crippen LogP) is 2.57. The summed E-state index contributed by atoms with van der Waals surface area (Å²) in [5.74, 6) is 0. The van der Waals surface area contributed by atoms with Gasteiger partial charge in [-0.3, -0.25) is 9.67 Å². The van der Waals surface area contributed by atoms with Crippen LogP contribution in [-0.4, -0.2) is 21.8 Å². The first-order chi connectivity index (χ1) is 8.67. The molecule has 1 atom stereocenters. The first kappa shape index (κ1) is 13.1. The van der Waals surface area contributed by atoms with Crippen molar-refractivity contribution in [2.45, 2.75) is 26.4 Å². The van der Waals surface area contributed by atoms with Crippen molar-refractivity contribution in [2.75, 3.05) is 7.05 Å². The van der Waals surface area contributed by atoms with Gasteiger partial charge in [-0.05, 0) is 32.5 Å². The number of rotatable bonds is 4. The second-order valence-electron chi connectivity index (χ2n) is 4.15. The summed E-state index contributed by atoms with van der Waals surface area (Å²) in [6, 6.07) is 4.07. The molecule has 0 amide bonds. The highest BCUT2D eigenvalue weighted by Gasteiger charge is 2.20. The van der Waals surface area contributed by atoms with Crippen LogP contribution in [0.15, 0.2) is 24.5 Å². The zero-order valence-electron chi connectivity index (χ0n) is 10.8. The summed E-state index contributed by atoms with van der Waals surface area (Å²) in [7, 11) is 1.91. The first-order valence-corrected chi connectivity index (χ1v) is 6.36. The molecule has 2 rings (SSSR count). The van der Waals surface area contributed by atoms with Gasteiger partial charge in [0.2, 0.25) is 0 Å². The summed E-state index contributed by atoms with van der Waals surface area (Å²) in [5.41, 5.74) is 3.07. The largest absolute Gasteiger partial charge is 0.308 e. The average molecular weight is 265 g/mol. The molecule has 0 aromatic carbocycles. The molecule has 0 bridgehead atoms. The lowest BCUT2D eigenvalue weighted by Crippen LogP contribution is -2.22. The van der Waals surface area contributed by atoms with E-state index < -0.39 is 0 Å². The van der Waals surface area contributed by atoms with E-state index in [4.69, 9.17) is 11.6 Å². The SMILES string of the molecule is CCn1ncc(Cl)c1C(NC)c1ccc(C)nc1. The fraction of sp³-hybridized carbons (Fsp3) is 0.385. The number of aryl methyl sites for hydroxylation is 2. The Morgan fingerprint density at radius 2 is 2.17 bits per heavy atom. The van der Waals surface area contributed by atoms with E-state index in [-0.39, 0.29) is 6.04 Å². The molecule has 0 fully saturated rings. The number of halogens is 1. The molecule has 0 saturated heterocycles. The van der Waals surface area contributed by atoms with Gasteiger partial charge in [-0.25, -0.2) is 0 Å².